The van der Waals surface area contributed by atoms with Crippen LogP contribution in [0.3, 0.4) is 0 Å². The van der Waals surface area contributed by atoms with Gasteiger partial charge in [-0.1, -0.05) is 0 Å². The van der Waals surface area contributed by atoms with Crippen molar-refractivity contribution in [3.8, 4) is 0 Å². The molecule has 0 bridgehead atoms. The first-order valence-electron chi connectivity index (χ1n) is 9.81. The van der Waals surface area contributed by atoms with Crippen LogP contribution < -0.4 is 10.6 Å². The largest absolute Gasteiger partial charge is 0.445 e. The molecule has 29 heavy (non-hydrogen) atoms. The van der Waals surface area contributed by atoms with E-state index in [4.69, 9.17) is 4.42 Å². The summed E-state index contributed by atoms with van der Waals surface area (Å²) in [4.78, 5) is 32.8. The minimum Gasteiger partial charge on any atom is -0.445 e. The van der Waals surface area contributed by atoms with E-state index in [1.807, 2.05) is 14.0 Å². The number of aryl methyl sites for hydroxylation is 1. The lowest BCUT2D eigenvalue weighted by Crippen LogP contribution is -2.37. The summed E-state index contributed by atoms with van der Waals surface area (Å²) in [6.45, 7) is 5.00. The number of anilines is 2. The molecule has 0 radical (unpaired) electrons. The molecule has 3 aromatic heterocycles. The van der Waals surface area contributed by atoms with Crippen molar-refractivity contribution in [3.63, 3.8) is 0 Å². The zero-order chi connectivity index (χ0) is 20.2. The first kappa shape index (κ1) is 17.8. The Balaban J connectivity index is 1.50. The quantitative estimate of drug-likeness (QED) is 0.696. The number of hydrogen-bond donors (Lipinski definition) is 2. The molecule has 1 amide bonds. The Bertz CT molecular complexity index is 1120. The van der Waals surface area contributed by atoms with Crippen LogP contribution in [0.25, 0.3) is 11.1 Å². The average Bonchev–Trinajstić information content (AvgIpc) is 3.28. The van der Waals surface area contributed by atoms with Crippen molar-refractivity contribution in [2.75, 3.05) is 24.2 Å². The topological polar surface area (TPSA) is 109 Å². The van der Waals surface area contributed by atoms with Crippen molar-refractivity contribution in [2.45, 2.75) is 45.2 Å². The van der Waals surface area contributed by atoms with Crippen LogP contribution in [0.2, 0.25) is 0 Å². The lowest BCUT2D eigenvalue weighted by atomic mass is 10.0. The summed E-state index contributed by atoms with van der Waals surface area (Å²) < 4.78 is 5.65. The molecule has 1 saturated carbocycles. The lowest BCUT2D eigenvalue weighted by molar-refractivity contribution is 0.0733. The van der Waals surface area contributed by atoms with Gasteiger partial charge in [0.1, 0.15) is 30.1 Å². The second-order valence-electron chi connectivity index (χ2n) is 8.01. The van der Waals surface area contributed by atoms with Gasteiger partial charge in [0.15, 0.2) is 0 Å². The van der Waals surface area contributed by atoms with Crippen LogP contribution in [-0.4, -0.2) is 49.9 Å². The molecular weight excluding hydrogens is 370 g/mol. The third kappa shape index (κ3) is 3.06. The van der Waals surface area contributed by atoms with Crippen LogP contribution in [0.5, 0.6) is 0 Å². The lowest BCUT2D eigenvalue weighted by Gasteiger charge is -2.28. The number of furan rings is 1. The van der Waals surface area contributed by atoms with Crippen molar-refractivity contribution >= 4 is 28.6 Å². The Labute approximate surface area is 168 Å². The molecule has 0 spiro atoms. The third-order valence-electron chi connectivity index (χ3n) is 5.73. The zero-order valence-corrected chi connectivity index (χ0v) is 16.7. The molecule has 1 aliphatic heterocycles. The van der Waals surface area contributed by atoms with Gasteiger partial charge in [-0.3, -0.25) is 4.79 Å². The van der Waals surface area contributed by atoms with Gasteiger partial charge in [-0.25, -0.2) is 15.0 Å². The smallest absolute Gasteiger partial charge is 0.258 e. The van der Waals surface area contributed by atoms with Gasteiger partial charge in [-0.15, -0.1) is 0 Å². The number of rotatable bonds is 4. The second-order valence-corrected chi connectivity index (χ2v) is 8.01. The summed E-state index contributed by atoms with van der Waals surface area (Å²) in [5.41, 5.74) is 2.88. The molecule has 0 saturated heterocycles. The molecule has 1 fully saturated rings. The fourth-order valence-electron chi connectivity index (χ4n) is 3.81. The molecule has 9 nitrogen and oxygen atoms in total. The predicted molar refractivity (Wildman–Crippen MR) is 108 cm³/mol. The van der Waals surface area contributed by atoms with Gasteiger partial charge >= 0.3 is 0 Å². The Morgan fingerprint density at radius 3 is 2.83 bits per heavy atom. The number of fused-ring (bicyclic) bond motifs is 2. The monoisotopic (exact) mass is 393 g/mol. The Morgan fingerprint density at radius 2 is 2.07 bits per heavy atom. The van der Waals surface area contributed by atoms with E-state index in [0.29, 0.717) is 47.8 Å². The van der Waals surface area contributed by atoms with Crippen molar-refractivity contribution in [2.24, 2.45) is 0 Å². The van der Waals surface area contributed by atoms with Crippen LogP contribution in [0.15, 0.2) is 17.0 Å². The summed E-state index contributed by atoms with van der Waals surface area (Å²) in [7, 11) is 1.84. The van der Waals surface area contributed by atoms with Crippen LogP contribution in [0, 0.1) is 6.92 Å². The van der Waals surface area contributed by atoms with E-state index >= 15 is 0 Å². The third-order valence-corrected chi connectivity index (χ3v) is 5.73. The van der Waals surface area contributed by atoms with E-state index in [9.17, 15) is 4.79 Å². The predicted octanol–water partition coefficient (Wildman–Crippen LogP) is 2.53. The molecule has 5 rings (SSSR count). The van der Waals surface area contributed by atoms with E-state index in [2.05, 4.69) is 37.5 Å². The first-order chi connectivity index (χ1) is 14.0. The van der Waals surface area contributed by atoms with Crippen LogP contribution in [0.1, 0.15) is 47.2 Å². The molecule has 4 heterocycles. The molecule has 2 aliphatic rings. The summed E-state index contributed by atoms with van der Waals surface area (Å²) in [6.07, 6.45) is 5.88. The maximum Gasteiger partial charge on any atom is 0.258 e. The van der Waals surface area contributed by atoms with Gasteiger partial charge in [-0.2, -0.15) is 4.98 Å². The number of aromatic nitrogens is 4. The van der Waals surface area contributed by atoms with Crippen LogP contribution in [0.4, 0.5) is 11.6 Å². The normalized spacial score (nSPS) is 17.1. The Morgan fingerprint density at radius 1 is 1.24 bits per heavy atom. The average molecular weight is 393 g/mol. The Kier molecular flexibility index (Phi) is 3.94. The van der Waals surface area contributed by atoms with Crippen molar-refractivity contribution in [3.05, 3.63) is 35.2 Å². The molecule has 0 atom stereocenters. The van der Waals surface area contributed by atoms with Crippen molar-refractivity contribution in [1.82, 2.24) is 24.8 Å². The first-order valence-corrected chi connectivity index (χ1v) is 9.81. The molecule has 150 valence electrons. The summed E-state index contributed by atoms with van der Waals surface area (Å²) in [5.74, 6) is 2.00. The number of nitrogens with one attached hydrogen (secondary N) is 2. The number of carbonyl (C=O) groups is 1. The zero-order valence-electron chi connectivity index (χ0n) is 16.7. The standard InChI is InChI=1S/C20H23N7O2/c1-11-24-17(26-20(2)5-6-20)15-13(9-29-18(15)25-11)19(28)27-7-4-12-14(8-27)22-10-23-16(12)21-3/h9-10H,4-8H2,1-3H3,(H,21,22,23)(H,24,25,26). The second kappa shape index (κ2) is 6.40. The number of hydrogen-bond acceptors (Lipinski definition) is 8. The molecule has 9 heteroatoms. The molecule has 0 unspecified atom stereocenters. The maximum absolute atomic E-state index is 13.4. The highest BCUT2D eigenvalue weighted by Gasteiger charge is 2.39. The van der Waals surface area contributed by atoms with E-state index < -0.39 is 0 Å². The summed E-state index contributed by atoms with van der Waals surface area (Å²) in [6, 6.07) is 0. The maximum atomic E-state index is 13.4. The fraction of sp³-hybridized carbons (Fsp3) is 0.450. The van der Waals surface area contributed by atoms with Gasteiger partial charge in [-0.05, 0) is 33.1 Å². The highest BCUT2D eigenvalue weighted by Crippen LogP contribution is 2.40. The minimum absolute atomic E-state index is 0.0237. The Hall–Kier alpha value is -3.23. The van der Waals surface area contributed by atoms with Crippen molar-refractivity contribution in [1.29, 1.82) is 0 Å². The van der Waals surface area contributed by atoms with E-state index in [1.165, 1.54) is 12.6 Å². The van der Waals surface area contributed by atoms with Gasteiger partial charge in [0.2, 0.25) is 5.71 Å². The highest BCUT2D eigenvalue weighted by atomic mass is 16.3. The fourth-order valence-corrected chi connectivity index (χ4v) is 3.81. The number of carbonyl (C=O) groups excluding carboxylic acids is 1. The summed E-state index contributed by atoms with van der Waals surface area (Å²) in [5, 5.41) is 7.23. The van der Waals surface area contributed by atoms with E-state index in [1.54, 1.807) is 4.90 Å². The number of nitrogens with zero attached hydrogens (tertiary/aromatic N) is 5. The van der Waals surface area contributed by atoms with Crippen molar-refractivity contribution < 1.29 is 9.21 Å². The SMILES string of the molecule is CNc1ncnc2c1CCN(C(=O)c1coc3nc(C)nc(NC4(C)CC4)c13)C2. The van der Waals surface area contributed by atoms with Gasteiger partial charge in [0, 0.05) is 24.7 Å². The van der Waals surface area contributed by atoms with Gasteiger partial charge < -0.3 is 20.0 Å². The highest BCUT2D eigenvalue weighted by molar-refractivity contribution is 6.09. The van der Waals surface area contributed by atoms with Gasteiger partial charge in [0.25, 0.3) is 5.91 Å². The van der Waals surface area contributed by atoms with Crippen LogP contribution in [-0.2, 0) is 13.0 Å². The van der Waals surface area contributed by atoms with Gasteiger partial charge in [0.05, 0.1) is 23.2 Å². The van der Waals surface area contributed by atoms with E-state index in [0.717, 1.165) is 29.9 Å². The van der Waals surface area contributed by atoms with Crippen LogP contribution >= 0.6 is 0 Å². The molecule has 0 aromatic carbocycles. The number of amides is 1. The minimum atomic E-state index is -0.101. The van der Waals surface area contributed by atoms with E-state index in [-0.39, 0.29) is 11.4 Å². The summed E-state index contributed by atoms with van der Waals surface area (Å²) >= 11 is 0. The molecule has 2 N–H and O–H groups in total. The molecular formula is C20H23N7O2. The molecule has 3 aromatic rings. The molecule has 1 aliphatic carbocycles.